The van der Waals surface area contributed by atoms with Crippen LogP contribution in [0.15, 0.2) is 54.6 Å². The van der Waals surface area contributed by atoms with Gasteiger partial charge in [-0.3, -0.25) is 0 Å². The van der Waals surface area contributed by atoms with Crippen molar-refractivity contribution in [3.05, 3.63) is 81.7 Å². The molecule has 1 aliphatic rings. The summed E-state index contributed by atoms with van der Waals surface area (Å²) in [5.41, 5.74) is 5.67. The van der Waals surface area contributed by atoms with Gasteiger partial charge in [-0.2, -0.15) is 0 Å². The zero-order valence-electron chi connectivity index (χ0n) is 19.3. The summed E-state index contributed by atoms with van der Waals surface area (Å²) in [7, 11) is 1.41. The molecule has 0 unspecified atom stereocenters. The molecule has 172 valence electrons. The lowest BCUT2D eigenvalue weighted by molar-refractivity contribution is 0.0602. The molecule has 0 spiro atoms. The number of nitrogens with one attached hydrogen (secondary N) is 1. The van der Waals surface area contributed by atoms with Crippen molar-refractivity contribution in [2.24, 2.45) is 0 Å². The summed E-state index contributed by atoms with van der Waals surface area (Å²) in [6.07, 6.45) is 0.762. The maximum atomic E-state index is 12.4. The number of thiophene rings is 1. The quantitative estimate of drug-likeness (QED) is 0.398. The Hall–Kier alpha value is -2.90. The average molecular weight is 480 g/mol. The molecule has 5 nitrogen and oxygen atoms in total. The van der Waals surface area contributed by atoms with Crippen LogP contribution in [0.3, 0.4) is 0 Å². The Bertz CT molecular complexity index is 1140. The van der Waals surface area contributed by atoms with Crippen LogP contribution in [-0.2, 0) is 11.2 Å². The van der Waals surface area contributed by atoms with Crippen molar-refractivity contribution in [1.82, 2.24) is 4.90 Å². The number of methoxy groups -OCH3 is 1. The zero-order chi connectivity index (χ0) is 23.4. The molecule has 0 saturated carbocycles. The van der Waals surface area contributed by atoms with Crippen LogP contribution in [-0.4, -0.2) is 49.3 Å². The third kappa shape index (κ3) is 5.37. The van der Waals surface area contributed by atoms with Gasteiger partial charge in [0, 0.05) is 43.2 Å². The van der Waals surface area contributed by atoms with Gasteiger partial charge < -0.3 is 19.9 Å². The van der Waals surface area contributed by atoms with Gasteiger partial charge in [0.05, 0.1) is 12.7 Å². The molecule has 1 aliphatic heterocycles. The molecule has 2 aromatic carbocycles. The lowest BCUT2D eigenvalue weighted by Gasteiger charge is -2.38. The minimum Gasteiger partial charge on any atom is -0.465 e. The number of thiocarbonyl (C=S) groups is 1. The summed E-state index contributed by atoms with van der Waals surface area (Å²) in [6, 6.07) is 18.6. The number of hydrogen-bond donors (Lipinski definition) is 1. The number of benzene rings is 2. The molecule has 4 rings (SSSR count). The minimum atomic E-state index is -0.351. The normalized spacial score (nSPS) is 13.7. The molecule has 3 aromatic rings. The number of esters is 1. The summed E-state index contributed by atoms with van der Waals surface area (Å²) in [5.74, 6) is -0.351. The highest BCUT2D eigenvalue weighted by Crippen LogP contribution is 2.31. The third-order valence-electron chi connectivity index (χ3n) is 6.11. The van der Waals surface area contributed by atoms with Gasteiger partial charge in [-0.25, -0.2) is 4.79 Å². The fraction of sp³-hybridized carbons (Fsp3) is 0.308. The topological polar surface area (TPSA) is 44.8 Å². The summed E-state index contributed by atoms with van der Waals surface area (Å²) < 4.78 is 5.02. The number of piperazine rings is 1. The Balaban J connectivity index is 1.43. The predicted octanol–water partition coefficient (Wildman–Crippen LogP) is 5.26. The predicted molar refractivity (Wildman–Crippen MR) is 141 cm³/mol. The van der Waals surface area contributed by atoms with E-state index < -0.39 is 0 Å². The van der Waals surface area contributed by atoms with E-state index in [0.29, 0.717) is 10.7 Å². The van der Waals surface area contributed by atoms with Gasteiger partial charge in [-0.05, 0) is 54.9 Å². The summed E-state index contributed by atoms with van der Waals surface area (Å²) in [4.78, 5) is 18.1. The van der Waals surface area contributed by atoms with Gasteiger partial charge in [-0.1, -0.05) is 42.5 Å². The van der Waals surface area contributed by atoms with E-state index in [-0.39, 0.29) is 5.97 Å². The van der Waals surface area contributed by atoms with Gasteiger partial charge >= 0.3 is 5.97 Å². The number of aryl methyl sites for hydroxylation is 1. The molecular formula is C26H29N3O2S2. The maximum Gasteiger partial charge on any atom is 0.340 e. The summed E-state index contributed by atoms with van der Waals surface area (Å²) in [6.45, 7) is 7.80. The second-order valence-corrected chi connectivity index (χ2v) is 9.76. The van der Waals surface area contributed by atoms with Crippen LogP contribution < -0.4 is 10.2 Å². The van der Waals surface area contributed by atoms with Crippen LogP contribution >= 0.6 is 23.6 Å². The highest BCUT2D eigenvalue weighted by atomic mass is 32.1. The number of anilines is 2. The Kier molecular flexibility index (Phi) is 7.30. The first-order valence-corrected chi connectivity index (χ1v) is 12.3. The molecule has 2 heterocycles. The molecule has 0 radical (unpaired) electrons. The molecule has 0 aliphatic carbocycles. The molecular weight excluding hydrogens is 450 g/mol. The fourth-order valence-corrected chi connectivity index (χ4v) is 5.51. The number of rotatable bonds is 5. The molecule has 0 amide bonds. The molecule has 1 saturated heterocycles. The van der Waals surface area contributed by atoms with Crippen LogP contribution in [0.1, 0.15) is 31.9 Å². The van der Waals surface area contributed by atoms with Crippen molar-refractivity contribution in [1.29, 1.82) is 0 Å². The molecule has 1 aromatic heterocycles. The van der Waals surface area contributed by atoms with Gasteiger partial charge in [0.2, 0.25) is 0 Å². The Morgan fingerprint density at radius 3 is 2.48 bits per heavy atom. The molecule has 0 atom stereocenters. The van der Waals surface area contributed by atoms with Gasteiger partial charge in [0.15, 0.2) is 5.11 Å². The molecule has 1 N–H and O–H groups in total. The average Bonchev–Trinajstić information content (AvgIpc) is 3.23. The number of carbonyl (C=O) groups is 1. The second kappa shape index (κ2) is 10.4. The number of hydrogen-bond acceptors (Lipinski definition) is 5. The fourth-order valence-electron chi connectivity index (χ4n) is 4.09. The van der Waals surface area contributed by atoms with Crippen LogP contribution in [0.5, 0.6) is 0 Å². The van der Waals surface area contributed by atoms with Crippen molar-refractivity contribution in [3.63, 3.8) is 0 Å². The van der Waals surface area contributed by atoms with Crippen LogP contribution in [0.4, 0.5) is 10.7 Å². The van der Waals surface area contributed by atoms with E-state index in [2.05, 4.69) is 59.3 Å². The van der Waals surface area contributed by atoms with Crippen molar-refractivity contribution in [2.45, 2.75) is 20.3 Å². The number of nitrogens with zero attached hydrogens (tertiary/aromatic N) is 2. The number of ether oxygens (including phenoxy) is 1. The summed E-state index contributed by atoms with van der Waals surface area (Å²) >= 11 is 7.28. The van der Waals surface area contributed by atoms with E-state index in [4.69, 9.17) is 17.0 Å². The van der Waals surface area contributed by atoms with E-state index in [1.807, 2.05) is 24.3 Å². The monoisotopic (exact) mass is 479 g/mol. The smallest absolute Gasteiger partial charge is 0.340 e. The van der Waals surface area contributed by atoms with Gasteiger partial charge in [-0.15, -0.1) is 11.3 Å². The van der Waals surface area contributed by atoms with Crippen LogP contribution in [0, 0.1) is 13.8 Å². The first kappa shape index (κ1) is 23.3. The van der Waals surface area contributed by atoms with Crippen molar-refractivity contribution in [3.8, 4) is 0 Å². The molecule has 33 heavy (non-hydrogen) atoms. The Morgan fingerprint density at radius 2 is 1.79 bits per heavy atom. The van der Waals surface area contributed by atoms with E-state index >= 15 is 0 Å². The van der Waals surface area contributed by atoms with Crippen molar-refractivity contribution in [2.75, 3.05) is 43.5 Å². The van der Waals surface area contributed by atoms with Crippen molar-refractivity contribution >= 4 is 45.3 Å². The Morgan fingerprint density at radius 1 is 1.06 bits per heavy atom. The largest absolute Gasteiger partial charge is 0.465 e. The SMILES string of the molecule is COC(=O)c1cc(Cc2ccccc2)sc1NC(=S)N1CCN(c2cccc(C)c2C)CC1. The standard InChI is InChI=1S/C26H29N3O2S2/c1-18-8-7-11-23(19(18)2)28-12-14-29(15-13-28)26(32)27-24-22(25(30)31-3)17-21(33-24)16-20-9-5-4-6-10-20/h4-11,17H,12-16H2,1-3H3,(H,27,32). The molecule has 0 bridgehead atoms. The van der Waals surface area contributed by atoms with Crippen molar-refractivity contribution < 1.29 is 9.53 Å². The van der Waals surface area contributed by atoms with Crippen LogP contribution in [0.25, 0.3) is 0 Å². The lowest BCUT2D eigenvalue weighted by Crippen LogP contribution is -2.50. The summed E-state index contributed by atoms with van der Waals surface area (Å²) in [5, 5.41) is 4.73. The molecule has 7 heteroatoms. The van der Waals surface area contributed by atoms with Crippen LogP contribution in [0.2, 0.25) is 0 Å². The van der Waals surface area contributed by atoms with Gasteiger partial charge in [0.1, 0.15) is 5.00 Å². The lowest BCUT2D eigenvalue weighted by atomic mass is 10.1. The number of carbonyl (C=O) groups excluding carboxylic acids is 1. The van der Waals surface area contributed by atoms with E-state index in [9.17, 15) is 4.79 Å². The third-order valence-corrected chi connectivity index (χ3v) is 7.52. The Labute approximate surface area is 205 Å². The molecule has 1 fully saturated rings. The zero-order valence-corrected chi connectivity index (χ0v) is 20.9. The highest BCUT2D eigenvalue weighted by molar-refractivity contribution is 7.80. The maximum absolute atomic E-state index is 12.4. The van der Waals surface area contributed by atoms with Gasteiger partial charge in [0.25, 0.3) is 0 Å². The second-order valence-electron chi connectivity index (χ2n) is 8.23. The first-order chi connectivity index (χ1) is 16.0. The van der Waals surface area contributed by atoms with E-state index in [1.54, 1.807) is 11.3 Å². The van der Waals surface area contributed by atoms with E-state index in [1.165, 1.54) is 29.5 Å². The minimum absolute atomic E-state index is 0.351. The highest BCUT2D eigenvalue weighted by Gasteiger charge is 2.23. The van der Waals surface area contributed by atoms with E-state index in [0.717, 1.165) is 42.5 Å². The first-order valence-electron chi connectivity index (χ1n) is 11.1.